The Kier molecular flexibility index (Phi) is 7.72. The van der Waals surface area contributed by atoms with Crippen molar-refractivity contribution in [3.8, 4) is 11.5 Å². The van der Waals surface area contributed by atoms with Crippen molar-refractivity contribution in [1.82, 2.24) is 4.90 Å². The van der Waals surface area contributed by atoms with Crippen LogP contribution in [-0.2, 0) is 4.74 Å². The van der Waals surface area contributed by atoms with E-state index in [2.05, 4.69) is 24.1 Å². The van der Waals surface area contributed by atoms with Gasteiger partial charge in [0.15, 0.2) is 11.5 Å². The van der Waals surface area contributed by atoms with Crippen LogP contribution in [0.2, 0.25) is 0 Å². The van der Waals surface area contributed by atoms with E-state index >= 15 is 0 Å². The minimum atomic E-state index is -0.371. The van der Waals surface area contributed by atoms with Crippen LogP contribution in [0.3, 0.4) is 0 Å². The Hall–Kier alpha value is -3.26. The second kappa shape index (κ2) is 10.7. The maximum atomic E-state index is 12.7. The number of anilines is 2. The first-order chi connectivity index (χ1) is 15.0. The van der Waals surface area contributed by atoms with Crippen LogP contribution in [0.4, 0.5) is 16.2 Å². The molecule has 0 radical (unpaired) electrons. The summed E-state index contributed by atoms with van der Waals surface area (Å²) in [6, 6.07) is 12.1. The molecule has 0 saturated carbocycles. The summed E-state index contributed by atoms with van der Waals surface area (Å²) in [6.45, 7) is 8.37. The number of carbonyl (C=O) groups excluding carboxylic acids is 2. The highest BCUT2D eigenvalue weighted by atomic mass is 16.6. The zero-order valence-corrected chi connectivity index (χ0v) is 18.2. The van der Waals surface area contributed by atoms with Gasteiger partial charge in [-0.3, -0.25) is 9.69 Å². The monoisotopic (exact) mass is 427 g/mol. The first-order valence-electron chi connectivity index (χ1n) is 10.4. The van der Waals surface area contributed by atoms with E-state index < -0.39 is 0 Å². The lowest BCUT2D eigenvalue weighted by Crippen LogP contribution is -2.28. The summed E-state index contributed by atoms with van der Waals surface area (Å²) in [5, 5.41) is 2.88. The third-order valence-corrected chi connectivity index (χ3v) is 5.18. The van der Waals surface area contributed by atoms with Crippen molar-refractivity contribution in [2.45, 2.75) is 13.8 Å². The number of cyclic esters (lactones) is 1. The SMILES string of the molecule is CCN(CC)CCOc1cc(NC(=O)c2ccc(N3CCOC3=O)cc2)ccc1OC. The number of ether oxygens (including phenoxy) is 3. The normalized spacial score (nSPS) is 13.3. The molecule has 2 amide bonds. The molecule has 0 atom stereocenters. The number of methoxy groups -OCH3 is 1. The second-order valence-corrected chi connectivity index (χ2v) is 7.01. The van der Waals surface area contributed by atoms with E-state index in [-0.39, 0.29) is 12.0 Å². The molecular formula is C23H29N3O5. The van der Waals surface area contributed by atoms with Crippen LogP contribution in [0.1, 0.15) is 24.2 Å². The number of hydrogen-bond acceptors (Lipinski definition) is 6. The predicted molar refractivity (Wildman–Crippen MR) is 119 cm³/mol. The van der Waals surface area contributed by atoms with Crippen molar-refractivity contribution in [3.05, 3.63) is 48.0 Å². The fraction of sp³-hybridized carbons (Fsp3) is 0.391. The molecule has 0 unspecified atom stereocenters. The molecule has 1 aliphatic rings. The van der Waals surface area contributed by atoms with Gasteiger partial charge in [-0.2, -0.15) is 0 Å². The van der Waals surface area contributed by atoms with Crippen molar-refractivity contribution >= 4 is 23.4 Å². The molecule has 2 aromatic rings. The quantitative estimate of drug-likeness (QED) is 0.624. The van der Waals surface area contributed by atoms with Crippen LogP contribution in [-0.4, -0.2) is 63.4 Å². The van der Waals surface area contributed by atoms with Crippen LogP contribution in [0, 0.1) is 0 Å². The van der Waals surface area contributed by atoms with Crippen molar-refractivity contribution in [2.75, 3.05) is 56.7 Å². The number of likely N-dealkylation sites (N-methyl/N-ethyl adjacent to an activating group) is 1. The first kappa shape index (κ1) is 22.4. The number of hydrogen-bond donors (Lipinski definition) is 1. The summed E-state index contributed by atoms with van der Waals surface area (Å²) in [7, 11) is 1.59. The molecule has 0 spiro atoms. The fourth-order valence-corrected chi connectivity index (χ4v) is 3.32. The van der Waals surface area contributed by atoms with Gasteiger partial charge in [0.2, 0.25) is 0 Å². The molecule has 1 fully saturated rings. The lowest BCUT2D eigenvalue weighted by atomic mass is 10.1. The van der Waals surface area contributed by atoms with Crippen LogP contribution in [0.25, 0.3) is 0 Å². The molecule has 2 aromatic carbocycles. The molecule has 8 heteroatoms. The van der Waals surface area contributed by atoms with Crippen LogP contribution in [0.5, 0.6) is 11.5 Å². The van der Waals surface area contributed by atoms with Crippen LogP contribution < -0.4 is 19.7 Å². The average Bonchev–Trinajstić information content (AvgIpc) is 3.23. The van der Waals surface area contributed by atoms with Gasteiger partial charge in [0.1, 0.15) is 13.2 Å². The summed E-state index contributed by atoms with van der Waals surface area (Å²) in [5.41, 5.74) is 1.79. The number of carbonyl (C=O) groups is 2. The highest BCUT2D eigenvalue weighted by Crippen LogP contribution is 2.30. The minimum absolute atomic E-state index is 0.255. The van der Waals surface area contributed by atoms with E-state index in [9.17, 15) is 9.59 Å². The molecule has 1 N–H and O–H groups in total. The molecule has 0 aromatic heterocycles. The molecule has 3 rings (SSSR count). The van der Waals surface area contributed by atoms with Crippen molar-refractivity contribution in [2.24, 2.45) is 0 Å². The Morgan fingerprint density at radius 3 is 2.48 bits per heavy atom. The van der Waals surface area contributed by atoms with E-state index in [0.717, 1.165) is 19.6 Å². The number of nitrogens with zero attached hydrogens (tertiary/aromatic N) is 2. The van der Waals surface area contributed by atoms with E-state index in [1.165, 1.54) is 4.90 Å². The highest BCUT2D eigenvalue weighted by Gasteiger charge is 2.23. The van der Waals surface area contributed by atoms with Gasteiger partial charge in [0.25, 0.3) is 5.91 Å². The summed E-state index contributed by atoms with van der Waals surface area (Å²) in [5.74, 6) is 0.935. The maximum Gasteiger partial charge on any atom is 0.414 e. The zero-order chi connectivity index (χ0) is 22.2. The number of benzene rings is 2. The minimum Gasteiger partial charge on any atom is -0.493 e. The van der Waals surface area contributed by atoms with E-state index in [4.69, 9.17) is 14.2 Å². The molecule has 0 bridgehead atoms. The van der Waals surface area contributed by atoms with E-state index in [1.54, 1.807) is 49.6 Å². The molecule has 0 aliphatic carbocycles. The standard InChI is InChI=1S/C23H29N3O5/c1-4-25(5-2)12-14-30-21-16-18(8-11-20(21)29-3)24-22(27)17-6-9-19(10-7-17)26-13-15-31-23(26)28/h6-11,16H,4-5,12-15H2,1-3H3,(H,24,27). The van der Waals surface area contributed by atoms with Crippen molar-refractivity contribution < 1.29 is 23.8 Å². The average molecular weight is 428 g/mol. The molecule has 1 aliphatic heterocycles. The van der Waals surface area contributed by atoms with Gasteiger partial charge in [-0.05, 0) is 49.5 Å². The Morgan fingerprint density at radius 2 is 1.87 bits per heavy atom. The zero-order valence-electron chi connectivity index (χ0n) is 18.2. The van der Waals surface area contributed by atoms with E-state index in [0.29, 0.717) is 48.2 Å². The Morgan fingerprint density at radius 1 is 1.13 bits per heavy atom. The van der Waals surface area contributed by atoms with Gasteiger partial charge in [-0.15, -0.1) is 0 Å². The predicted octanol–water partition coefficient (Wildman–Crippen LogP) is 3.62. The van der Waals surface area contributed by atoms with Gasteiger partial charge in [-0.1, -0.05) is 13.8 Å². The molecular weight excluding hydrogens is 398 g/mol. The summed E-state index contributed by atoms with van der Waals surface area (Å²) < 4.78 is 16.2. The molecule has 1 saturated heterocycles. The number of amides is 2. The van der Waals surface area contributed by atoms with Gasteiger partial charge in [-0.25, -0.2) is 4.79 Å². The Labute approximate surface area is 182 Å². The van der Waals surface area contributed by atoms with Crippen LogP contribution in [0.15, 0.2) is 42.5 Å². The topological polar surface area (TPSA) is 80.3 Å². The third kappa shape index (κ3) is 5.67. The molecule has 1 heterocycles. The first-order valence-corrected chi connectivity index (χ1v) is 10.4. The summed E-state index contributed by atoms with van der Waals surface area (Å²) in [6.07, 6.45) is -0.371. The Balaban J connectivity index is 1.64. The summed E-state index contributed by atoms with van der Waals surface area (Å²) in [4.78, 5) is 28.1. The largest absolute Gasteiger partial charge is 0.493 e. The number of rotatable bonds is 10. The second-order valence-electron chi connectivity index (χ2n) is 7.01. The van der Waals surface area contributed by atoms with Gasteiger partial charge >= 0.3 is 6.09 Å². The van der Waals surface area contributed by atoms with Gasteiger partial charge in [0.05, 0.1) is 13.7 Å². The van der Waals surface area contributed by atoms with Gasteiger partial charge < -0.3 is 24.4 Å². The van der Waals surface area contributed by atoms with Crippen molar-refractivity contribution in [1.29, 1.82) is 0 Å². The smallest absolute Gasteiger partial charge is 0.414 e. The van der Waals surface area contributed by atoms with Crippen molar-refractivity contribution in [3.63, 3.8) is 0 Å². The Bertz CT molecular complexity index is 897. The van der Waals surface area contributed by atoms with E-state index in [1.807, 2.05) is 0 Å². The highest BCUT2D eigenvalue weighted by molar-refractivity contribution is 6.04. The molecule has 166 valence electrons. The maximum absolute atomic E-state index is 12.7. The molecule has 31 heavy (non-hydrogen) atoms. The third-order valence-electron chi connectivity index (χ3n) is 5.18. The lowest BCUT2D eigenvalue weighted by Gasteiger charge is -2.19. The fourth-order valence-electron chi connectivity index (χ4n) is 3.32. The number of nitrogens with one attached hydrogen (secondary N) is 1. The van der Waals surface area contributed by atoms with Gasteiger partial charge in [0, 0.05) is 29.5 Å². The molecule has 8 nitrogen and oxygen atoms in total. The summed E-state index contributed by atoms with van der Waals surface area (Å²) >= 11 is 0. The van der Waals surface area contributed by atoms with Crippen LogP contribution >= 0.6 is 0 Å². The lowest BCUT2D eigenvalue weighted by molar-refractivity contribution is 0.102.